The van der Waals surface area contributed by atoms with Crippen molar-refractivity contribution in [1.29, 1.82) is 0 Å². The molecule has 0 aromatic rings. The minimum atomic E-state index is 0.377. The average molecular weight is 255 g/mol. The van der Waals surface area contributed by atoms with Crippen LogP contribution in [0.1, 0.15) is 46.0 Å². The highest BCUT2D eigenvalue weighted by Gasteiger charge is 2.39. The van der Waals surface area contributed by atoms with Crippen molar-refractivity contribution >= 4 is 11.8 Å². The third-order valence-corrected chi connectivity index (χ3v) is 5.38. The summed E-state index contributed by atoms with van der Waals surface area (Å²) in [6.07, 6.45) is 8.30. The van der Waals surface area contributed by atoms with Crippen molar-refractivity contribution < 1.29 is 4.74 Å². The van der Waals surface area contributed by atoms with Gasteiger partial charge in [-0.3, -0.25) is 0 Å². The highest BCUT2D eigenvalue weighted by Crippen LogP contribution is 2.43. The van der Waals surface area contributed by atoms with Crippen LogP contribution in [-0.2, 0) is 4.74 Å². The van der Waals surface area contributed by atoms with Crippen LogP contribution in [0, 0.1) is 0 Å². The molecule has 1 saturated heterocycles. The van der Waals surface area contributed by atoms with E-state index < -0.39 is 0 Å². The molecule has 3 heteroatoms. The summed E-state index contributed by atoms with van der Waals surface area (Å²) in [6, 6.07) is 0.509. The summed E-state index contributed by atoms with van der Waals surface area (Å²) in [7, 11) is 0. The van der Waals surface area contributed by atoms with Gasteiger partial charge in [0.2, 0.25) is 0 Å². The third-order valence-electron chi connectivity index (χ3n) is 3.79. The summed E-state index contributed by atoms with van der Waals surface area (Å²) in [5, 5.41) is 3.75. The lowest BCUT2D eigenvalue weighted by Crippen LogP contribution is -2.47. The van der Waals surface area contributed by atoms with E-state index in [1.165, 1.54) is 43.4 Å². The second-order valence-electron chi connectivity index (χ2n) is 5.32. The van der Waals surface area contributed by atoms with E-state index in [1.807, 2.05) is 6.26 Å². The smallest absolute Gasteiger partial charge is 0.0876 e. The van der Waals surface area contributed by atoms with Crippen molar-refractivity contribution in [3.05, 3.63) is 11.8 Å². The van der Waals surface area contributed by atoms with E-state index in [9.17, 15) is 0 Å². The van der Waals surface area contributed by atoms with E-state index in [0.29, 0.717) is 10.8 Å². The topological polar surface area (TPSA) is 21.3 Å². The van der Waals surface area contributed by atoms with Gasteiger partial charge in [-0.05, 0) is 56.9 Å². The van der Waals surface area contributed by atoms with Crippen LogP contribution in [0.4, 0.5) is 0 Å². The highest BCUT2D eigenvalue weighted by atomic mass is 32.2. The van der Waals surface area contributed by atoms with Gasteiger partial charge in [-0.1, -0.05) is 6.92 Å². The normalized spacial score (nSPS) is 30.8. The van der Waals surface area contributed by atoms with Crippen molar-refractivity contribution in [2.45, 2.75) is 56.7 Å². The molecule has 0 saturated carbocycles. The minimum Gasteiger partial charge on any atom is -0.501 e. The van der Waals surface area contributed by atoms with Crippen molar-refractivity contribution in [3.63, 3.8) is 0 Å². The molecule has 0 aliphatic carbocycles. The lowest BCUT2D eigenvalue weighted by molar-refractivity contribution is 0.216. The van der Waals surface area contributed by atoms with Crippen LogP contribution >= 0.6 is 11.8 Å². The predicted molar refractivity (Wildman–Crippen MR) is 75.4 cm³/mol. The van der Waals surface area contributed by atoms with Gasteiger partial charge in [0.15, 0.2) is 0 Å². The van der Waals surface area contributed by atoms with E-state index in [-0.39, 0.29) is 0 Å². The molecule has 2 aliphatic rings. The zero-order valence-electron chi connectivity index (χ0n) is 11.1. The summed E-state index contributed by atoms with van der Waals surface area (Å²) < 4.78 is 5.91. The largest absolute Gasteiger partial charge is 0.501 e. The molecule has 0 bridgehead atoms. The Morgan fingerprint density at radius 3 is 3.00 bits per heavy atom. The molecule has 1 fully saturated rings. The van der Waals surface area contributed by atoms with Crippen LogP contribution in [-0.4, -0.2) is 29.7 Å². The molecule has 17 heavy (non-hydrogen) atoms. The third kappa shape index (κ3) is 3.19. The van der Waals surface area contributed by atoms with E-state index in [4.69, 9.17) is 4.74 Å². The Kier molecular flexibility index (Phi) is 4.80. The number of ether oxygens (including phenoxy) is 1. The van der Waals surface area contributed by atoms with Gasteiger partial charge in [0.25, 0.3) is 0 Å². The fourth-order valence-corrected chi connectivity index (χ4v) is 4.30. The molecule has 0 aromatic heterocycles. The second kappa shape index (κ2) is 6.14. The maximum atomic E-state index is 5.54. The van der Waals surface area contributed by atoms with E-state index in [1.54, 1.807) is 0 Å². The van der Waals surface area contributed by atoms with Crippen LogP contribution < -0.4 is 5.32 Å². The molecule has 2 heterocycles. The summed E-state index contributed by atoms with van der Waals surface area (Å²) in [4.78, 5) is 0. The molecule has 98 valence electrons. The van der Waals surface area contributed by atoms with Crippen LogP contribution in [0.3, 0.4) is 0 Å². The van der Waals surface area contributed by atoms with Gasteiger partial charge in [-0.25, -0.2) is 0 Å². The van der Waals surface area contributed by atoms with Crippen molar-refractivity contribution in [2.75, 3.05) is 18.9 Å². The van der Waals surface area contributed by atoms with Crippen LogP contribution in [0.5, 0.6) is 0 Å². The molecule has 0 amide bonds. The van der Waals surface area contributed by atoms with Gasteiger partial charge in [0, 0.05) is 10.8 Å². The molecular formula is C14H25NOS. The Morgan fingerprint density at radius 2 is 2.41 bits per heavy atom. The van der Waals surface area contributed by atoms with Crippen molar-refractivity contribution in [3.8, 4) is 0 Å². The first-order valence-corrected chi connectivity index (χ1v) is 7.93. The molecule has 2 nitrogen and oxygen atoms in total. The monoisotopic (exact) mass is 255 g/mol. The molecule has 1 N–H and O–H groups in total. The molecule has 0 radical (unpaired) electrons. The zero-order chi connectivity index (χ0) is 12.1. The van der Waals surface area contributed by atoms with Crippen molar-refractivity contribution in [1.82, 2.24) is 5.32 Å². The molecule has 2 rings (SSSR count). The second-order valence-corrected chi connectivity index (χ2v) is 6.95. The summed E-state index contributed by atoms with van der Waals surface area (Å²) in [5.41, 5.74) is 1.49. The Labute approximate surface area is 110 Å². The number of hydrogen-bond acceptors (Lipinski definition) is 3. The molecule has 0 aromatic carbocycles. The van der Waals surface area contributed by atoms with Crippen LogP contribution in [0.2, 0.25) is 0 Å². The number of hydrogen-bond donors (Lipinski definition) is 1. The van der Waals surface area contributed by atoms with Gasteiger partial charge >= 0.3 is 0 Å². The SMILES string of the molecule is CCCNC(C1=COCCC1)C1(C)CCCS1. The van der Waals surface area contributed by atoms with Crippen LogP contribution in [0.25, 0.3) is 0 Å². The molecule has 2 unspecified atom stereocenters. The Balaban J connectivity index is 2.08. The Bertz CT molecular complexity index is 271. The first kappa shape index (κ1) is 13.3. The maximum Gasteiger partial charge on any atom is 0.0876 e. The average Bonchev–Trinajstić information content (AvgIpc) is 2.79. The summed E-state index contributed by atoms with van der Waals surface area (Å²) >= 11 is 2.14. The van der Waals surface area contributed by atoms with E-state index >= 15 is 0 Å². The first-order chi connectivity index (χ1) is 8.26. The fourth-order valence-electron chi connectivity index (χ4n) is 2.85. The van der Waals surface area contributed by atoms with E-state index in [2.05, 4.69) is 30.9 Å². The summed E-state index contributed by atoms with van der Waals surface area (Å²) in [6.45, 7) is 6.67. The number of nitrogens with one attached hydrogen (secondary N) is 1. The molecular weight excluding hydrogens is 230 g/mol. The van der Waals surface area contributed by atoms with Gasteiger partial charge in [0.05, 0.1) is 12.9 Å². The Hall–Kier alpha value is -0.150. The van der Waals surface area contributed by atoms with Gasteiger partial charge in [0.1, 0.15) is 0 Å². The molecule has 0 spiro atoms. The van der Waals surface area contributed by atoms with E-state index in [0.717, 1.165) is 13.2 Å². The lowest BCUT2D eigenvalue weighted by atomic mass is 9.88. The molecule has 2 atom stereocenters. The van der Waals surface area contributed by atoms with Crippen LogP contribution in [0.15, 0.2) is 11.8 Å². The maximum absolute atomic E-state index is 5.54. The van der Waals surface area contributed by atoms with Gasteiger partial charge in [-0.15, -0.1) is 0 Å². The quantitative estimate of drug-likeness (QED) is 0.814. The van der Waals surface area contributed by atoms with Gasteiger partial charge < -0.3 is 10.1 Å². The summed E-state index contributed by atoms with van der Waals surface area (Å²) in [5.74, 6) is 1.31. The predicted octanol–water partition coefficient (Wildman–Crippen LogP) is 3.33. The number of thioether (sulfide) groups is 1. The highest BCUT2D eigenvalue weighted by molar-refractivity contribution is 8.00. The first-order valence-electron chi connectivity index (χ1n) is 6.94. The standard InChI is InChI=1S/C14H25NOS/c1-3-8-15-13(12-6-4-9-16-11-12)14(2)7-5-10-17-14/h11,13,15H,3-10H2,1-2H3. The fraction of sp³-hybridized carbons (Fsp3) is 0.857. The Morgan fingerprint density at radius 1 is 1.53 bits per heavy atom. The van der Waals surface area contributed by atoms with Gasteiger partial charge in [-0.2, -0.15) is 11.8 Å². The minimum absolute atomic E-state index is 0.377. The number of rotatable bonds is 5. The molecule has 2 aliphatic heterocycles. The van der Waals surface area contributed by atoms with Crippen molar-refractivity contribution in [2.24, 2.45) is 0 Å². The lowest BCUT2D eigenvalue weighted by Gasteiger charge is -2.37. The zero-order valence-corrected chi connectivity index (χ0v) is 11.9.